The van der Waals surface area contributed by atoms with Gasteiger partial charge < -0.3 is 9.88 Å². The number of fused-ring (bicyclic) bond motifs is 6. The highest BCUT2D eigenvalue weighted by atomic mass is 15.2. The zero-order valence-electron chi connectivity index (χ0n) is 36.5. The first-order chi connectivity index (χ1) is 32.1. The van der Waals surface area contributed by atoms with Crippen LogP contribution >= 0.6 is 0 Å². The van der Waals surface area contributed by atoms with Crippen LogP contribution in [0.2, 0.25) is 0 Å². The smallest absolute Gasteiger partial charge is 0.0544 e. The molecule has 0 atom stereocenters. The SMILES string of the molecule is Cc1c(C)c(N(c2ccccc2-c2ccccc2)c2ccccc2-c2ccccc2)c2c(c1-c1cccc3c1[nH]c1ccccc13)-c1c(ccc(-c3ccccc3)c1-c1ccccc1)C2. The fourth-order valence-corrected chi connectivity index (χ4v) is 10.7. The molecule has 0 aliphatic heterocycles. The number of H-pyrrole nitrogens is 1. The van der Waals surface area contributed by atoms with Gasteiger partial charge in [0.15, 0.2) is 0 Å². The summed E-state index contributed by atoms with van der Waals surface area (Å²) in [7, 11) is 0. The molecule has 1 N–H and O–H groups in total. The summed E-state index contributed by atoms with van der Waals surface area (Å²) in [6.07, 6.45) is 0.781. The molecule has 12 rings (SSSR count). The highest BCUT2D eigenvalue weighted by Gasteiger charge is 2.36. The van der Waals surface area contributed by atoms with Gasteiger partial charge in [0.05, 0.1) is 22.6 Å². The lowest BCUT2D eigenvalue weighted by Crippen LogP contribution is -2.17. The van der Waals surface area contributed by atoms with Gasteiger partial charge in [-0.05, 0) is 104 Å². The molecule has 0 fully saturated rings. The molecular formula is C63H46N2. The number of aromatic nitrogens is 1. The standard InChI is InChI=1S/C63H46N2/c1-41-42(2)63(65(56-36-19-16-30-48(56)43-22-7-3-8-23-43)57-37-20-17-31-49(57)44-24-9-4-10-25-44)54-40-47-38-39-50(45-26-11-5-12-27-45)59(46-28-13-6-14-29-46)60(47)61(54)58(41)53-34-21-33-52-51-32-15-18-35-55(51)64-62(52)53/h3-39,64H,40H2,1-2H3. The van der Waals surface area contributed by atoms with Crippen LogP contribution in [-0.2, 0) is 6.42 Å². The third-order valence-corrected chi connectivity index (χ3v) is 13.7. The molecule has 65 heavy (non-hydrogen) atoms. The van der Waals surface area contributed by atoms with Gasteiger partial charge in [0, 0.05) is 39.4 Å². The zero-order chi connectivity index (χ0) is 43.4. The van der Waals surface area contributed by atoms with Crippen LogP contribution in [0.1, 0.15) is 22.3 Å². The summed E-state index contributed by atoms with van der Waals surface area (Å²) < 4.78 is 0. The zero-order valence-corrected chi connectivity index (χ0v) is 36.5. The highest BCUT2D eigenvalue weighted by molar-refractivity contribution is 6.15. The number of hydrogen-bond donors (Lipinski definition) is 1. The van der Waals surface area contributed by atoms with Gasteiger partial charge in [0.1, 0.15) is 0 Å². The molecule has 0 unspecified atom stereocenters. The van der Waals surface area contributed by atoms with E-state index in [2.05, 4.69) is 248 Å². The molecule has 1 aliphatic rings. The molecule has 1 heterocycles. The van der Waals surface area contributed by atoms with Crippen molar-refractivity contribution in [1.82, 2.24) is 4.98 Å². The molecule has 1 aliphatic carbocycles. The van der Waals surface area contributed by atoms with E-state index in [1.807, 2.05) is 0 Å². The average molecular weight is 831 g/mol. The van der Waals surface area contributed by atoms with Crippen molar-refractivity contribution in [3.63, 3.8) is 0 Å². The second-order valence-electron chi connectivity index (χ2n) is 17.3. The summed E-state index contributed by atoms with van der Waals surface area (Å²) in [4.78, 5) is 6.52. The highest BCUT2D eigenvalue weighted by Crippen LogP contribution is 2.58. The largest absolute Gasteiger partial charge is 0.354 e. The Balaban J connectivity index is 1.25. The van der Waals surface area contributed by atoms with E-state index in [1.165, 1.54) is 111 Å². The predicted molar refractivity (Wildman–Crippen MR) is 275 cm³/mol. The van der Waals surface area contributed by atoms with Gasteiger partial charge in [-0.2, -0.15) is 0 Å². The predicted octanol–water partition coefficient (Wildman–Crippen LogP) is 17.3. The Kier molecular flexibility index (Phi) is 9.39. The molecule has 308 valence electrons. The maximum Gasteiger partial charge on any atom is 0.0544 e. The van der Waals surface area contributed by atoms with Crippen molar-refractivity contribution < 1.29 is 0 Å². The quantitative estimate of drug-likeness (QED) is 0.162. The fourth-order valence-electron chi connectivity index (χ4n) is 10.7. The summed E-state index contributed by atoms with van der Waals surface area (Å²) >= 11 is 0. The molecule has 0 radical (unpaired) electrons. The lowest BCUT2D eigenvalue weighted by Gasteiger charge is -2.34. The van der Waals surface area contributed by atoms with Gasteiger partial charge in [0.2, 0.25) is 0 Å². The average Bonchev–Trinajstić information content (AvgIpc) is 3.95. The topological polar surface area (TPSA) is 19.0 Å². The number of anilines is 3. The van der Waals surface area contributed by atoms with Crippen molar-refractivity contribution in [2.45, 2.75) is 20.3 Å². The van der Waals surface area contributed by atoms with E-state index in [0.29, 0.717) is 0 Å². The van der Waals surface area contributed by atoms with Gasteiger partial charge in [-0.1, -0.05) is 206 Å². The van der Waals surface area contributed by atoms with Crippen LogP contribution in [0.3, 0.4) is 0 Å². The maximum atomic E-state index is 3.92. The van der Waals surface area contributed by atoms with Crippen molar-refractivity contribution in [3.05, 3.63) is 247 Å². The number of rotatable bonds is 8. The molecule has 0 bridgehead atoms. The monoisotopic (exact) mass is 830 g/mol. The minimum atomic E-state index is 0.781. The second-order valence-corrected chi connectivity index (χ2v) is 17.3. The number of aromatic amines is 1. The van der Waals surface area contributed by atoms with Gasteiger partial charge in [0.25, 0.3) is 0 Å². The van der Waals surface area contributed by atoms with E-state index in [1.54, 1.807) is 0 Å². The Hall–Kier alpha value is -8.20. The lowest BCUT2D eigenvalue weighted by atomic mass is 9.81. The van der Waals surface area contributed by atoms with Crippen LogP contribution in [0.25, 0.3) is 88.6 Å². The first-order valence-electron chi connectivity index (χ1n) is 22.7. The Bertz CT molecular complexity index is 3480. The Morgan fingerprint density at radius 3 is 1.46 bits per heavy atom. The van der Waals surface area contributed by atoms with Crippen LogP contribution in [-0.4, -0.2) is 4.98 Å². The van der Waals surface area contributed by atoms with Gasteiger partial charge >= 0.3 is 0 Å². The molecule has 1 aromatic heterocycles. The summed E-state index contributed by atoms with van der Waals surface area (Å²) in [6.45, 7) is 4.72. The normalized spacial score (nSPS) is 11.8. The molecule has 0 saturated carbocycles. The number of hydrogen-bond acceptors (Lipinski definition) is 1. The summed E-state index contributed by atoms with van der Waals surface area (Å²) in [5, 5.41) is 2.48. The van der Waals surface area contributed by atoms with E-state index < -0.39 is 0 Å². The fraction of sp³-hybridized carbons (Fsp3) is 0.0476. The van der Waals surface area contributed by atoms with Crippen LogP contribution in [0, 0.1) is 13.8 Å². The van der Waals surface area contributed by atoms with Gasteiger partial charge in [-0.3, -0.25) is 0 Å². The minimum Gasteiger partial charge on any atom is -0.354 e. The number of nitrogens with zero attached hydrogens (tertiary/aromatic N) is 1. The van der Waals surface area contributed by atoms with Crippen molar-refractivity contribution in [1.29, 1.82) is 0 Å². The van der Waals surface area contributed by atoms with E-state index in [-0.39, 0.29) is 0 Å². The minimum absolute atomic E-state index is 0.781. The first kappa shape index (κ1) is 38.5. The molecule has 0 amide bonds. The van der Waals surface area contributed by atoms with Gasteiger partial charge in [-0.25, -0.2) is 0 Å². The van der Waals surface area contributed by atoms with Gasteiger partial charge in [-0.15, -0.1) is 0 Å². The van der Waals surface area contributed by atoms with Crippen LogP contribution in [0.5, 0.6) is 0 Å². The number of benzene rings is 10. The van der Waals surface area contributed by atoms with Crippen LogP contribution in [0.4, 0.5) is 17.1 Å². The molecule has 0 saturated heterocycles. The second kappa shape index (κ2) is 15.9. The maximum absolute atomic E-state index is 3.92. The summed E-state index contributed by atoms with van der Waals surface area (Å²) in [5.41, 5.74) is 25.8. The number of nitrogens with one attached hydrogen (secondary N) is 1. The first-order valence-corrected chi connectivity index (χ1v) is 22.7. The molecule has 11 aromatic rings. The molecule has 2 heteroatoms. The molecule has 10 aromatic carbocycles. The molecule has 0 spiro atoms. The Labute approximate surface area is 380 Å². The van der Waals surface area contributed by atoms with E-state index >= 15 is 0 Å². The van der Waals surface area contributed by atoms with Crippen molar-refractivity contribution in [2.75, 3.05) is 4.90 Å². The van der Waals surface area contributed by atoms with Crippen molar-refractivity contribution >= 4 is 38.9 Å². The van der Waals surface area contributed by atoms with E-state index in [9.17, 15) is 0 Å². The number of para-hydroxylation sites is 4. The van der Waals surface area contributed by atoms with Crippen LogP contribution in [0.15, 0.2) is 224 Å². The summed E-state index contributed by atoms with van der Waals surface area (Å²) in [6, 6.07) is 82.0. The van der Waals surface area contributed by atoms with E-state index in [4.69, 9.17) is 0 Å². The summed E-state index contributed by atoms with van der Waals surface area (Å²) in [5.74, 6) is 0. The Morgan fingerprint density at radius 2 is 0.846 bits per heavy atom. The third-order valence-electron chi connectivity index (χ3n) is 13.7. The van der Waals surface area contributed by atoms with E-state index in [0.717, 1.165) is 23.3 Å². The molecule has 2 nitrogen and oxygen atoms in total. The third kappa shape index (κ3) is 6.32. The van der Waals surface area contributed by atoms with Crippen LogP contribution < -0.4 is 4.90 Å². The molecular weight excluding hydrogens is 785 g/mol. The van der Waals surface area contributed by atoms with Crippen molar-refractivity contribution in [3.8, 4) is 66.8 Å². The Morgan fingerprint density at radius 1 is 0.354 bits per heavy atom. The lowest BCUT2D eigenvalue weighted by molar-refractivity contribution is 1.16. The van der Waals surface area contributed by atoms with Crippen molar-refractivity contribution in [2.24, 2.45) is 0 Å².